The van der Waals surface area contributed by atoms with Crippen LogP contribution in [0.1, 0.15) is 11.1 Å². The quantitative estimate of drug-likeness (QED) is 0.397. The fourth-order valence-corrected chi connectivity index (χ4v) is 3.76. The Kier molecular flexibility index (Phi) is 10.8. The lowest BCUT2D eigenvalue weighted by Crippen LogP contribution is -2.61. The van der Waals surface area contributed by atoms with E-state index in [0.717, 1.165) is 11.1 Å². The van der Waals surface area contributed by atoms with E-state index in [1.807, 2.05) is 60.7 Å². The standard InChI is InChI=1S/C27H34O6/c1-4-16-30-25-24(32-19-22-14-10-7-11-15-22)23(20-29-18-21-12-8-6-9-13-21)33-27(28-3)26(25)31-17-5-2/h4-15,23-27H,1-2,16-20H2,3H3/t23-,24+,25+,26-,27+/m1/s1. The minimum atomic E-state index is -0.637. The molecule has 1 fully saturated rings. The van der Waals surface area contributed by atoms with Gasteiger partial charge in [0.2, 0.25) is 0 Å². The Hall–Kier alpha value is -2.32. The third kappa shape index (κ3) is 7.61. The van der Waals surface area contributed by atoms with Crippen molar-refractivity contribution in [3.63, 3.8) is 0 Å². The maximum atomic E-state index is 6.37. The van der Waals surface area contributed by atoms with E-state index in [0.29, 0.717) is 33.0 Å². The van der Waals surface area contributed by atoms with Gasteiger partial charge in [0.15, 0.2) is 6.29 Å². The highest BCUT2D eigenvalue weighted by molar-refractivity contribution is 5.14. The van der Waals surface area contributed by atoms with Gasteiger partial charge in [0.25, 0.3) is 0 Å². The number of benzene rings is 2. The van der Waals surface area contributed by atoms with E-state index in [-0.39, 0.29) is 0 Å². The first kappa shape index (κ1) is 25.3. The topological polar surface area (TPSA) is 55.4 Å². The van der Waals surface area contributed by atoms with Crippen LogP contribution in [-0.4, -0.2) is 57.6 Å². The summed E-state index contributed by atoms with van der Waals surface area (Å²) in [5.74, 6) is 0. The summed E-state index contributed by atoms with van der Waals surface area (Å²) in [6.45, 7) is 9.40. The summed E-state index contributed by atoms with van der Waals surface area (Å²) in [7, 11) is 1.59. The second-order valence-corrected chi connectivity index (χ2v) is 7.71. The zero-order valence-corrected chi connectivity index (χ0v) is 19.2. The minimum Gasteiger partial charge on any atom is -0.374 e. The third-order valence-electron chi connectivity index (χ3n) is 5.32. The van der Waals surface area contributed by atoms with Crippen LogP contribution in [0.25, 0.3) is 0 Å². The van der Waals surface area contributed by atoms with Crippen LogP contribution in [-0.2, 0) is 41.6 Å². The molecule has 0 amide bonds. The molecule has 0 aromatic heterocycles. The second-order valence-electron chi connectivity index (χ2n) is 7.71. The van der Waals surface area contributed by atoms with Crippen LogP contribution in [0.4, 0.5) is 0 Å². The third-order valence-corrected chi connectivity index (χ3v) is 5.32. The van der Waals surface area contributed by atoms with Gasteiger partial charge in [-0.05, 0) is 11.1 Å². The van der Waals surface area contributed by atoms with E-state index >= 15 is 0 Å². The average Bonchev–Trinajstić information content (AvgIpc) is 2.86. The Labute approximate surface area is 196 Å². The maximum absolute atomic E-state index is 6.37. The van der Waals surface area contributed by atoms with Crippen LogP contribution >= 0.6 is 0 Å². The predicted octanol–water partition coefficient (Wildman–Crippen LogP) is 4.30. The Bertz CT molecular complexity index is 812. The van der Waals surface area contributed by atoms with E-state index in [4.69, 9.17) is 28.4 Å². The minimum absolute atomic E-state index is 0.316. The van der Waals surface area contributed by atoms with Crippen LogP contribution in [0, 0.1) is 0 Å². The average molecular weight is 455 g/mol. The summed E-state index contributed by atoms with van der Waals surface area (Å²) in [5, 5.41) is 0. The predicted molar refractivity (Wildman–Crippen MR) is 127 cm³/mol. The molecule has 2 aromatic rings. The maximum Gasteiger partial charge on any atom is 0.186 e. The van der Waals surface area contributed by atoms with Gasteiger partial charge in [-0.1, -0.05) is 72.8 Å². The van der Waals surface area contributed by atoms with Gasteiger partial charge >= 0.3 is 0 Å². The Morgan fingerprint density at radius 1 is 0.758 bits per heavy atom. The van der Waals surface area contributed by atoms with Gasteiger partial charge in [-0.25, -0.2) is 0 Å². The summed E-state index contributed by atoms with van der Waals surface area (Å²) >= 11 is 0. The van der Waals surface area contributed by atoms with E-state index in [2.05, 4.69) is 13.2 Å². The van der Waals surface area contributed by atoms with Gasteiger partial charge in [-0.2, -0.15) is 0 Å². The normalized spacial score (nSPS) is 24.9. The van der Waals surface area contributed by atoms with Crippen LogP contribution in [0.5, 0.6) is 0 Å². The second kappa shape index (κ2) is 14.1. The van der Waals surface area contributed by atoms with Crippen molar-refractivity contribution in [1.29, 1.82) is 0 Å². The van der Waals surface area contributed by atoms with Crippen molar-refractivity contribution in [2.24, 2.45) is 0 Å². The van der Waals surface area contributed by atoms with Gasteiger partial charge < -0.3 is 28.4 Å². The SMILES string of the molecule is C=CCO[C@H]1[C@@H](OCc2ccccc2)[C@@H](COCc2ccccc2)O[C@H](OC)[C@@H]1OCC=C. The number of ether oxygens (including phenoxy) is 6. The fraction of sp³-hybridized carbons (Fsp3) is 0.407. The van der Waals surface area contributed by atoms with E-state index in [9.17, 15) is 0 Å². The molecule has 1 aliphatic rings. The van der Waals surface area contributed by atoms with Gasteiger partial charge in [0.05, 0.1) is 33.0 Å². The Morgan fingerprint density at radius 2 is 1.33 bits per heavy atom. The Morgan fingerprint density at radius 3 is 1.91 bits per heavy atom. The van der Waals surface area contributed by atoms with Crippen molar-refractivity contribution in [2.75, 3.05) is 26.9 Å². The first-order valence-electron chi connectivity index (χ1n) is 11.2. The lowest BCUT2D eigenvalue weighted by Gasteiger charge is -2.45. The molecule has 0 unspecified atom stereocenters. The lowest BCUT2D eigenvalue weighted by atomic mass is 9.98. The first-order valence-corrected chi connectivity index (χ1v) is 11.2. The summed E-state index contributed by atoms with van der Waals surface area (Å²) in [4.78, 5) is 0. The number of rotatable bonds is 14. The van der Waals surface area contributed by atoms with Crippen LogP contribution in [0.3, 0.4) is 0 Å². The van der Waals surface area contributed by atoms with Crippen molar-refractivity contribution in [3.05, 3.63) is 97.1 Å². The molecule has 1 heterocycles. The Balaban J connectivity index is 1.77. The van der Waals surface area contributed by atoms with Crippen molar-refractivity contribution in [1.82, 2.24) is 0 Å². The molecule has 1 saturated heterocycles. The van der Waals surface area contributed by atoms with Crippen molar-refractivity contribution >= 4 is 0 Å². The summed E-state index contributed by atoms with van der Waals surface area (Å²) in [6, 6.07) is 20.0. The molecule has 178 valence electrons. The fourth-order valence-electron chi connectivity index (χ4n) is 3.76. The van der Waals surface area contributed by atoms with E-state index in [1.54, 1.807) is 19.3 Å². The van der Waals surface area contributed by atoms with Gasteiger partial charge in [-0.15, -0.1) is 13.2 Å². The molecular weight excluding hydrogens is 420 g/mol. The number of hydrogen-bond donors (Lipinski definition) is 0. The first-order chi connectivity index (χ1) is 16.3. The molecule has 0 N–H and O–H groups in total. The largest absolute Gasteiger partial charge is 0.374 e. The molecule has 0 aliphatic carbocycles. The molecule has 1 aliphatic heterocycles. The molecule has 33 heavy (non-hydrogen) atoms. The van der Waals surface area contributed by atoms with Crippen molar-refractivity contribution in [3.8, 4) is 0 Å². The molecular formula is C27H34O6. The molecule has 3 rings (SSSR count). The van der Waals surface area contributed by atoms with E-state index < -0.39 is 30.7 Å². The monoisotopic (exact) mass is 454 g/mol. The molecule has 5 atom stereocenters. The van der Waals surface area contributed by atoms with Gasteiger partial charge in [0.1, 0.15) is 24.4 Å². The van der Waals surface area contributed by atoms with Crippen LogP contribution in [0.15, 0.2) is 86.0 Å². The zero-order valence-electron chi connectivity index (χ0n) is 19.2. The van der Waals surface area contributed by atoms with Crippen LogP contribution in [0.2, 0.25) is 0 Å². The van der Waals surface area contributed by atoms with Crippen molar-refractivity contribution in [2.45, 2.75) is 43.9 Å². The summed E-state index contributed by atoms with van der Waals surface area (Å²) in [6.07, 6.45) is 0.947. The number of hydrogen-bond acceptors (Lipinski definition) is 6. The summed E-state index contributed by atoms with van der Waals surface area (Å²) < 4.78 is 36.4. The van der Waals surface area contributed by atoms with Gasteiger partial charge in [0, 0.05) is 7.11 Å². The highest BCUT2D eigenvalue weighted by Crippen LogP contribution is 2.30. The smallest absolute Gasteiger partial charge is 0.186 e. The van der Waals surface area contributed by atoms with E-state index in [1.165, 1.54) is 0 Å². The molecule has 0 bridgehead atoms. The highest BCUT2D eigenvalue weighted by atomic mass is 16.7. The molecule has 6 heteroatoms. The molecule has 0 saturated carbocycles. The van der Waals surface area contributed by atoms with Crippen LogP contribution < -0.4 is 0 Å². The number of methoxy groups -OCH3 is 1. The molecule has 2 aromatic carbocycles. The summed E-state index contributed by atoms with van der Waals surface area (Å²) in [5.41, 5.74) is 2.14. The zero-order chi connectivity index (χ0) is 23.3. The van der Waals surface area contributed by atoms with Crippen molar-refractivity contribution < 1.29 is 28.4 Å². The molecule has 0 radical (unpaired) electrons. The highest BCUT2D eigenvalue weighted by Gasteiger charge is 2.48. The lowest BCUT2D eigenvalue weighted by molar-refractivity contribution is -0.317. The molecule has 0 spiro atoms. The molecule has 6 nitrogen and oxygen atoms in total. The van der Waals surface area contributed by atoms with Gasteiger partial charge in [-0.3, -0.25) is 0 Å².